The number of nitrogens with one attached hydrogen (secondary N) is 1. The van der Waals surface area contributed by atoms with Gasteiger partial charge in [-0.05, 0) is 32.4 Å². The van der Waals surface area contributed by atoms with E-state index in [4.69, 9.17) is 9.47 Å². The quantitative estimate of drug-likeness (QED) is 0.705. The van der Waals surface area contributed by atoms with Crippen LogP contribution in [0.15, 0.2) is 30.3 Å². The summed E-state index contributed by atoms with van der Waals surface area (Å²) >= 11 is 0. The summed E-state index contributed by atoms with van der Waals surface area (Å²) in [6.07, 6.45) is 1.26. The predicted octanol–water partition coefficient (Wildman–Crippen LogP) is 3.17. The minimum atomic E-state index is 0.134. The van der Waals surface area contributed by atoms with Crippen molar-refractivity contribution >= 4 is 0 Å². The molecule has 0 saturated carbocycles. The van der Waals surface area contributed by atoms with Gasteiger partial charge in [0.25, 0.3) is 0 Å². The van der Waals surface area contributed by atoms with Crippen LogP contribution in [0.25, 0.3) is 0 Å². The maximum absolute atomic E-state index is 5.87. The summed E-state index contributed by atoms with van der Waals surface area (Å²) in [5.74, 6) is 0. The van der Waals surface area contributed by atoms with Gasteiger partial charge in [-0.15, -0.1) is 0 Å². The van der Waals surface area contributed by atoms with E-state index in [-0.39, 0.29) is 12.1 Å². The summed E-state index contributed by atoms with van der Waals surface area (Å²) in [7, 11) is 0. The molecule has 0 heterocycles. The van der Waals surface area contributed by atoms with Gasteiger partial charge in [0.15, 0.2) is 0 Å². The van der Waals surface area contributed by atoms with Crippen LogP contribution in [0.5, 0.6) is 0 Å². The zero-order chi connectivity index (χ0) is 13.9. The zero-order valence-electron chi connectivity index (χ0n) is 12.4. The summed E-state index contributed by atoms with van der Waals surface area (Å²) in [5, 5.41) is 3.53. The van der Waals surface area contributed by atoms with Gasteiger partial charge in [0.05, 0.1) is 25.4 Å². The van der Waals surface area contributed by atoms with Gasteiger partial charge in [-0.2, -0.15) is 0 Å². The van der Waals surface area contributed by atoms with Crippen molar-refractivity contribution in [2.24, 2.45) is 0 Å². The van der Waals surface area contributed by atoms with Gasteiger partial charge in [-0.25, -0.2) is 0 Å². The standard InChI is InChI=1S/C16H27NO2/c1-4-11-17-16(15-9-7-6-8-10-15)13-19-14(3)12-18-5-2/h6-10,14,16-17H,4-5,11-13H2,1-3H3. The third-order valence-electron chi connectivity index (χ3n) is 2.95. The molecule has 0 radical (unpaired) electrons. The third kappa shape index (κ3) is 6.71. The summed E-state index contributed by atoms with van der Waals surface area (Å²) in [6.45, 7) is 9.31. The Morgan fingerprint density at radius 2 is 1.84 bits per heavy atom. The van der Waals surface area contributed by atoms with E-state index in [0.29, 0.717) is 13.2 Å². The van der Waals surface area contributed by atoms with E-state index in [1.54, 1.807) is 0 Å². The maximum Gasteiger partial charge on any atom is 0.0781 e. The van der Waals surface area contributed by atoms with E-state index < -0.39 is 0 Å². The maximum atomic E-state index is 5.87. The number of benzene rings is 1. The van der Waals surface area contributed by atoms with Crippen LogP contribution in [0, 0.1) is 0 Å². The molecule has 0 amide bonds. The van der Waals surface area contributed by atoms with Crippen molar-refractivity contribution in [2.45, 2.75) is 39.3 Å². The molecular weight excluding hydrogens is 238 g/mol. The van der Waals surface area contributed by atoms with E-state index in [1.165, 1.54) is 5.56 Å². The number of rotatable bonds is 10. The normalized spacial score (nSPS) is 14.3. The first-order chi connectivity index (χ1) is 9.27. The highest BCUT2D eigenvalue weighted by atomic mass is 16.5. The molecule has 0 aromatic heterocycles. The minimum absolute atomic E-state index is 0.134. The predicted molar refractivity (Wildman–Crippen MR) is 79.4 cm³/mol. The Hall–Kier alpha value is -0.900. The summed E-state index contributed by atoms with van der Waals surface area (Å²) in [4.78, 5) is 0. The van der Waals surface area contributed by atoms with Crippen LogP contribution in [0.4, 0.5) is 0 Å². The number of hydrogen-bond acceptors (Lipinski definition) is 3. The molecular formula is C16H27NO2. The van der Waals surface area contributed by atoms with Gasteiger partial charge in [0.2, 0.25) is 0 Å². The fourth-order valence-corrected chi connectivity index (χ4v) is 1.87. The molecule has 108 valence electrons. The fourth-order valence-electron chi connectivity index (χ4n) is 1.87. The van der Waals surface area contributed by atoms with Crippen molar-refractivity contribution in [1.82, 2.24) is 5.32 Å². The van der Waals surface area contributed by atoms with Crippen molar-refractivity contribution in [3.05, 3.63) is 35.9 Å². The zero-order valence-corrected chi connectivity index (χ0v) is 12.4. The van der Waals surface area contributed by atoms with E-state index in [1.807, 2.05) is 13.0 Å². The molecule has 0 aliphatic carbocycles. The highest BCUT2D eigenvalue weighted by molar-refractivity contribution is 5.18. The summed E-state index contributed by atoms with van der Waals surface area (Å²) in [6, 6.07) is 10.7. The molecule has 1 rings (SSSR count). The first-order valence-corrected chi connectivity index (χ1v) is 7.25. The van der Waals surface area contributed by atoms with Crippen molar-refractivity contribution in [3.63, 3.8) is 0 Å². The molecule has 0 saturated heterocycles. The Balaban J connectivity index is 2.46. The topological polar surface area (TPSA) is 30.5 Å². The van der Waals surface area contributed by atoms with Gasteiger partial charge in [-0.3, -0.25) is 0 Å². The van der Waals surface area contributed by atoms with Gasteiger partial charge in [-0.1, -0.05) is 37.3 Å². The van der Waals surface area contributed by atoms with Gasteiger partial charge < -0.3 is 14.8 Å². The lowest BCUT2D eigenvalue weighted by Gasteiger charge is -2.21. The summed E-state index contributed by atoms with van der Waals surface area (Å²) in [5.41, 5.74) is 1.28. The smallest absolute Gasteiger partial charge is 0.0781 e. The molecule has 0 aliphatic rings. The molecule has 1 aromatic carbocycles. The van der Waals surface area contributed by atoms with Gasteiger partial charge >= 0.3 is 0 Å². The summed E-state index contributed by atoms with van der Waals surface area (Å²) < 4.78 is 11.2. The van der Waals surface area contributed by atoms with E-state index in [2.05, 4.69) is 43.4 Å². The van der Waals surface area contributed by atoms with Crippen molar-refractivity contribution in [1.29, 1.82) is 0 Å². The molecule has 2 atom stereocenters. The van der Waals surface area contributed by atoms with Crippen LogP contribution in [0.1, 0.15) is 38.8 Å². The molecule has 0 spiro atoms. The van der Waals surface area contributed by atoms with Crippen molar-refractivity contribution in [3.8, 4) is 0 Å². The minimum Gasteiger partial charge on any atom is -0.379 e. The Kier molecular flexibility index (Phi) is 8.47. The van der Waals surface area contributed by atoms with E-state index in [0.717, 1.165) is 19.6 Å². The molecule has 1 aromatic rings. The van der Waals surface area contributed by atoms with E-state index >= 15 is 0 Å². The third-order valence-corrected chi connectivity index (χ3v) is 2.95. The van der Waals surface area contributed by atoms with Crippen LogP contribution in [-0.2, 0) is 9.47 Å². The molecule has 1 N–H and O–H groups in total. The first kappa shape index (κ1) is 16.2. The highest BCUT2D eigenvalue weighted by Crippen LogP contribution is 2.13. The van der Waals surface area contributed by atoms with E-state index in [9.17, 15) is 0 Å². The van der Waals surface area contributed by atoms with Gasteiger partial charge in [0, 0.05) is 6.61 Å². The van der Waals surface area contributed by atoms with Crippen LogP contribution in [0.3, 0.4) is 0 Å². The van der Waals surface area contributed by atoms with Crippen LogP contribution in [0.2, 0.25) is 0 Å². The van der Waals surface area contributed by atoms with Crippen LogP contribution in [-0.4, -0.2) is 32.5 Å². The van der Waals surface area contributed by atoms with Crippen LogP contribution < -0.4 is 5.32 Å². The lowest BCUT2D eigenvalue weighted by atomic mass is 10.1. The lowest BCUT2D eigenvalue weighted by Crippen LogP contribution is -2.29. The number of hydrogen-bond donors (Lipinski definition) is 1. The lowest BCUT2D eigenvalue weighted by molar-refractivity contribution is -0.0116. The van der Waals surface area contributed by atoms with Crippen molar-refractivity contribution in [2.75, 3.05) is 26.4 Å². The monoisotopic (exact) mass is 265 g/mol. The number of ether oxygens (including phenoxy) is 2. The second-order valence-corrected chi connectivity index (χ2v) is 4.72. The highest BCUT2D eigenvalue weighted by Gasteiger charge is 2.12. The Labute approximate surface area is 117 Å². The average molecular weight is 265 g/mol. The first-order valence-electron chi connectivity index (χ1n) is 7.25. The Morgan fingerprint density at radius 1 is 1.11 bits per heavy atom. The molecule has 0 bridgehead atoms. The fraction of sp³-hybridized carbons (Fsp3) is 0.625. The largest absolute Gasteiger partial charge is 0.379 e. The SMILES string of the molecule is CCCNC(COC(C)COCC)c1ccccc1. The second kappa shape index (κ2) is 9.96. The molecule has 3 heteroatoms. The molecule has 0 fully saturated rings. The second-order valence-electron chi connectivity index (χ2n) is 4.72. The molecule has 3 nitrogen and oxygen atoms in total. The molecule has 19 heavy (non-hydrogen) atoms. The molecule has 2 unspecified atom stereocenters. The van der Waals surface area contributed by atoms with Gasteiger partial charge in [0.1, 0.15) is 0 Å². The van der Waals surface area contributed by atoms with Crippen LogP contribution >= 0.6 is 0 Å². The Bertz CT molecular complexity index is 316. The van der Waals surface area contributed by atoms with Crippen molar-refractivity contribution < 1.29 is 9.47 Å². The molecule has 0 aliphatic heterocycles. The Morgan fingerprint density at radius 3 is 2.47 bits per heavy atom. The average Bonchev–Trinajstić information content (AvgIpc) is 2.46.